The summed E-state index contributed by atoms with van der Waals surface area (Å²) < 4.78 is 5.52. The third-order valence-electron chi connectivity index (χ3n) is 5.14. The summed E-state index contributed by atoms with van der Waals surface area (Å²) in [4.78, 5) is 42.5. The van der Waals surface area contributed by atoms with Gasteiger partial charge >= 0.3 is 6.09 Å². The molecule has 9 heteroatoms. The van der Waals surface area contributed by atoms with Crippen LogP contribution in [0.25, 0.3) is 6.08 Å². The van der Waals surface area contributed by atoms with E-state index in [0.717, 1.165) is 5.56 Å². The van der Waals surface area contributed by atoms with Crippen LogP contribution in [0.4, 0.5) is 4.79 Å². The largest absolute Gasteiger partial charge is 0.450 e. The number of nitrogens with zero attached hydrogens (tertiary/aromatic N) is 3. The van der Waals surface area contributed by atoms with Crippen molar-refractivity contribution >= 4 is 52.3 Å². The molecule has 0 aromatic heterocycles. The third-order valence-corrected chi connectivity index (χ3v) is 6.54. The molecule has 7 nitrogen and oxygen atoms in total. The van der Waals surface area contributed by atoms with Gasteiger partial charge < -0.3 is 14.5 Å². The van der Waals surface area contributed by atoms with Gasteiger partial charge in [-0.3, -0.25) is 14.5 Å². The Kier molecular flexibility index (Phi) is 8.87. The van der Waals surface area contributed by atoms with Crippen molar-refractivity contribution in [3.05, 3.63) is 53.0 Å². The average Bonchev–Trinajstić information content (AvgIpc) is 3.07. The third kappa shape index (κ3) is 6.43. The van der Waals surface area contributed by atoms with E-state index < -0.39 is 0 Å². The SMILES string of the molecule is CCOC(=O)N1CCN(C(=O)CCCN2C(=O)/C(=C/C=C/c3ccccc3)SC2=S)CC1. The number of piperazine rings is 1. The lowest BCUT2D eigenvalue weighted by Crippen LogP contribution is -2.50. The number of allylic oxidation sites excluding steroid dienone is 2. The first-order valence-electron chi connectivity index (χ1n) is 10.7. The van der Waals surface area contributed by atoms with Crippen LogP contribution in [0.15, 0.2) is 47.4 Å². The van der Waals surface area contributed by atoms with Crippen LogP contribution in [0.5, 0.6) is 0 Å². The van der Waals surface area contributed by atoms with Crippen molar-refractivity contribution < 1.29 is 19.1 Å². The Balaban J connectivity index is 1.43. The molecule has 0 N–H and O–H groups in total. The van der Waals surface area contributed by atoms with Crippen LogP contribution in [0.3, 0.4) is 0 Å². The smallest absolute Gasteiger partial charge is 0.409 e. The molecular formula is C23H27N3O4S2. The van der Waals surface area contributed by atoms with Gasteiger partial charge in [-0.2, -0.15) is 0 Å². The number of carbonyl (C=O) groups excluding carboxylic acids is 3. The van der Waals surface area contributed by atoms with Crippen LogP contribution in [-0.4, -0.2) is 76.3 Å². The highest BCUT2D eigenvalue weighted by atomic mass is 32.2. The lowest BCUT2D eigenvalue weighted by molar-refractivity contribution is -0.133. The summed E-state index contributed by atoms with van der Waals surface area (Å²) in [5.74, 6) is -0.0894. The molecule has 3 rings (SSSR count). The zero-order valence-corrected chi connectivity index (χ0v) is 19.7. The number of hydrogen-bond acceptors (Lipinski definition) is 6. The normalized spacial score (nSPS) is 18.2. The molecule has 170 valence electrons. The topological polar surface area (TPSA) is 70.2 Å². The number of thioether (sulfide) groups is 1. The second-order valence-corrected chi connectivity index (χ2v) is 8.97. The van der Waals surface area contributed by atoms with E-state index >= 15 is 0 Å². The molecule has 0 saturated carbocycles. The van der Waals surface area contributed by atoms with E-state index in [9.17, 15) is 14.4 Å². The minimum atomic E-state index is -0.333. The molecule has 32 heavy (non-hydrogen) atoms. The van der Waals surface area contributed by atoms with E-state index in [1.165, 1.54) is 11.8 Å². The lowest BCUT2D eigenvalue weighted by atomic mass is 10.2. The summed E-state index contributed by atoms with van der Waals surface area (Å²) in [6.45, 7) is 4.46. The zero-order valence-electron chi connectivity index (χ0n) is 18.1. The minimum absolute atomic E-state index is 0.0280. The van der Waals surface area contributed by atoms with Crippen molar-refractivity contribution in [1.29, 1.82) is 0 Å². The molecule has 0 atom stereocenters. The summed E-state index contributed by atoms with van der Waals surface area (Å²) in [6.07, 6.45) is 6.11. The maximum Gasteiger partial charge on any atom is 0.409 e. The number of ether oxygens (including phenoxy) is 1. The molecule has 1 aromatic rings. The van der Waals surface area contributed by atoms with E-state index in [4.69, 9.17) is 17.0 Å². The van der Waals surface area contributed by atoms with Gasteiger partial charge in [0.25, 0.3) is 5.91 Å². The molecule has 2 fully saturated rings. The van der Waals surface area contributed by atoms with Crippen molar-refractivity contribution in [2.24, 2.45) is 0 Å². The van der Waals surface area contributed by atoms with Gasteiger partial charge in [0.05, 0.1) is 11.5 Å². The Morgan fingerprint density at radius 1 is 1.12 bits per heavy atom. The molecular weight excluding hydrogens is 446 g/mol. The van der Waals surface area contributed by atoms with Gasteiger partial charge in [-0.05, 0) is 25.0 Å². The summed E-state index contributed by atoms with van der Waals surface area (Å²) in [5, 5.41) is 0. The number of thiocarbonyl (C=S) groups is 1. The molecule has 0 spiro atoms. The van der Waals surface area contributed by atoms with Crippen molar-refractivity contribution in [3.8, 4) is 0 Å². The molecule has 0 aliphatic carbocycles. The summed E-state index contributed by atoms with van der Waals surface area (Å²) >= 11 is 6.64. The van der Waals surface area contributed by atoms with Crippen LogP contribution in [-0.2, 0) is 14.3 Å². The molecule has 0 radical (unpaired) electrons. The number of benzene rings is 1. The van der Waals surface area contributed by atoms with E-state index in [-0.39, 0.29) is 17.9 Å². The van der Waals surface area contributed by atoms with Crippen molar-refractivity contribution in [2.75, 3.05) is 39.3 Å². The first-order valence-corrected chi connectivity index (χ1v) is 11.9. The molecule has 0 bridgehead atoms. The molecule has 1 aromatic carbocycles. The molecule has 2 aliphatic rings. The first-order chi connectivity index (χ1) is 15.5. The van der Waals surface area contributed by atoms with Crippen molar-refractivity contribution in [2.45, 2.75) is 19.8 Å². The van der Waals surface area contributed by atoms with Gasteiger partial charge in [-0.25, -0.2) is 4.79 Å². The van der Waals surface area contributed by atoms with Crippen LogP contribution < -0.4 is 0 Å². The highest BCUT2D eigenvalue weighted by Gasteiger charge is 2.31. The van der Waals surface area contributed by atoms with Crippen LogP contribution in [0.2, 0.25) is 0 Å². The quantitative estimate of drug-likeness (QED) is 0.446. The van der Waals surface area contributed by atoms with Gasteiger partial charge in [0.1, 0.15) is 4.32 Å². The number of rotatable bonds is 7. The predicted molar refractivity (Wildman–Crippen MR) is 130 cm³/mol. The monoisotopic (exact) mass is 473 g/mol. The maximum absolute atomic E-state index is 12.7. The fourth-order valence-electron chi connectivity index (χ4n) is 3.42. The Labute approximate surface area is 198 Å². The highest BCUT2D eigenvalue weighted by molar-refractivity contribution is 8.26. The van der Waals surface area contributed by atoms with E-state index in [1.807, 2.05) is 42.5 Å². The summed E-state index contributed by atoms with van der Waals surface area (Å²) in [7, 11) is 0. The summed E-state index contributed by atoms with van der Waals surface area (Å²) in [5.41, 5.74) is 1.06. The van der Waals surface area contributed by atoms with Crippen LogP contribution in [0.1, 0.15) is 25.3 Å². The number of carbonyl (C=O) groups is 3. The summed E-state index contributed by atoms with van der Waals surface area (Å²) in [6, 6.07) is 9.85. The number of hydrogen-bond donors (Lipinski definition) is 0. The van der Waals surface area contributed by atoms with Crippen LogP contribution in [0, 0.1) is 0 Å². The zero-order chi connectivity index (χ0) is 22.9. The molecule has 0 unspecified atom stereocenters. The minimum Gasteiger partial charge on any atom is -0.450 e. The van der Waals surface area contributed by atoms with Gasteiger partial charge in [0, 0.05) is 39.1 Å². The molecule has 2 heterocycles. The Bertz CT molecular complexity index is 909. The van der Waals surface area contributed by atoms with E-state index in [0.29, 0.717) is 61.4 Å². The first kappa shape index (κ1) is 24.0. The van der Waals surface area contributed by atoms with Gasteiger partial charge in [-0.1, -0.05) is 66.5 Å². The van der Waals surface area contributed by atoms with Gasteiger partial charge in [0.15, 0.2) is 0 Å². The Hall–Kier alpha value is -2.65. The Morgan fingerprint density at radius 2 is 1.81 bits per heavy atom. The maximum atomic E-state index is 12.7. The fraction of sp³-hybridized carbons (Fsp3) is 0.391. The van der Waals surface area contributed by atoms with E-state index in [2.05, 4.69) is 0 Å². The highest BCUT2D eigenvalue weighted by Crippen LogP contribution is 2.31. The average molecular weight is 474 g/mol. The predicted octanol–water partition coefficient (Wildman–Crippen LogP) is 3.52. The number of amides is 3. The van der Waals surface area contributed by atoms with Crippen LogP contribution >= 0.6 is 24.0 Å². The lowest BCUT2D eigenvalue weighted by Gasteiger charge is -2.34. The van der Waals surface area contributed by atoms with Crippen molar-refractivity contribution in [1.82, 2.24) is 14.7 Å². The standard InChI is InChI=1S/C23H27N3O4S2/c1-2-30-22(29)25-16-14-24(15-17-25)20(27)12-7-13-26-21(28)19(32-23(26)31)11-6-10-18-8-4-3-5-9-18/h3-6,8-11H,2,7,12-17H2,1H3/b10-6+,19-11-. The Morgan fingerprint density at radius 3 is 2.50 bits per heavy atom. The second-order valence-electron chi connectivity index (χ2n) is 7.30. The molecule has 2 aliphatic heterocycles. The second kappa shape index (κ2) is 11.8. The van der Waals surface area contributed by atoms with Crippen molar-refractivity contribution in [3.63, 3.8) is 0 Å². The van der Waals surface area contributed by atoms with Gasteiger partial charge in [-0.15, -0.1) is 0 Å². The molecule has 3 amide bonds. The van der Waals surface area contributed by atoms with Gasteiger partial charge in [0.2, 0.25) is 5.91 Å². The fourth-order valence-corrected chi connectivity index (χ4v) is 4.68. The molecule has 2 saturated heterocycles. The van der Waals surface area contributed by atoms with E-state index in [1.54, 1.807) is 27.7 Å².